The molecule has 4 fully saturated rings. The number of hydrogen-bond donors (Lipinski definition) is 0. The van der Waals surface area contributed by atoms with E-state index in [2.05, 4.69) is 6.92 Å². The molecule has 2 heteroatoms. The third-order valence-electron chi connectivity index (χ3n) is 4.35. The van der Waals surface area contributed by atoms with E-state index in [4.69, 9.17) is 4.74 Å². The van der Waals surface area contributed by atoms with Crippen molar-refractivity contribution in [3.63, 3.8) is 0 Å². The Hall–Kier alpha value is -0.530. The molecule has 0 N–H and O–H groups in total. The van der Waals surface area contributed by atoms with Gasteiger partial charge in [-0.25, -0.2) is 0 Å². The summed E-state index contributed by atoms with van der Waals surface area (Å²) >= 11 is 0. The van der Waals surface area contributed by atoms with Gasteiger partial charge in [0.15, 0.2) is 0 Å². The minimum Gasteiger partial charge on any atom is -0.462 e. The third kappa shape index (κ3) is 1.04. The van der Waals surface area contributed by atoms with Crippen LogP contribution in [-0.2, 0) is 9.53 Å². The fraction of sp³-hybridized carbons (Fsp3) is 0.909. The molecule has 0 aromatic rings. The summed E-state index contributed by atoms with van der Waals surface area (Å²) < 4.78 is 5.47. The normalized spacial score (nSPS) is 53.3. The lowest BCUT2D eigenvalue weighted by atomic mass is 9.63. The Morgan fingerprint density at radius 3 is 2.92 bits per heavy atom. The van der Waals surface area contributed by atoms with Crippen LogP contribution in [0.2, 0.25) is 0 Å². The zero-order chi connectivity index (χ0) is 9.00. The topological polar surface area (TPSA) is 26.3 Å². The van der Waals surface area contributed by atoms with Gasteiger partial charge in [0.2, 0.25) is 0 Å². The van der Waals surface area contributed by atoms with Crippen LogP contribution in [-0.4, -0.2) is 12.1 Å². The molecule has 2 saturated carbocycles. The van der Waals surface area contributed by atoms with E-state index >= 15 is 0 Å². The lowest BCUT2D eigenvalue weighted by molar-refractivity contribution is -0.152. The summed E-state index contributed by atoms with van der Waals surface area (Å²) in [5, 5.41) is 0. The Morgan fingerprint density at radius 2 is 2.08 bits per heavy atom. The summed E-state index contributed by atoms with van der Waals surface area (Å²) in [7, 11) is 0. The van der Waals surface area contributed by atoms with E-state index in [0.717, 1.165) is 31.1 Å². The second kappa shape index (κ2) is 2.49. The summed E-state index contributed by atoms with van der Waals surface area (Å²) in [4.78, 5) is 11.7. The monoisotopic (exact) mass is 180 g/mol. The molecule has 0 radical (unpaired) electrons. The van der Waals surface area contributed by atoms with E-state index in [1.807, 2.05) is 0 Å². The van der Waals surface area contributed by atoms with Gasteiger partial charge in [0.05, 0.1) is 5.92 Å². The van der Waals surface area contributed by atoms with Gasteiger partial charge in [-0.15, -0.1) is 0 Å². The summed E-state index contributed by atoms with van der Waals surface area (Å²) in [6.07, 6.45) is 5.01. The molecule has 0 aromatic heterocycles. The van der Waals surface area contributed by atoms with E-state index in [-0.39, 0.29) is 18.0 Å². The van der Waals surface area contributed by atoms with Crippen molar-refractivity contribution in [2.45, 2.75) is 38.7 Å². The highest BCUT2D eigenvalue weighted by Crippen LogP contribution is 2.49. The van der Waals surface area contributed by atoms with E-state index in [0.29, 0.717) is 5.92 Å². The predicted molar refractivity (Wildman–Crippen MR) is 48.0 cm³/mol. The molecule has 0 amide bonds. The molecule has 2 aliphatic carbocycles. The van der Waals surface area contributed by atoms with Gasteiger partial charge in [-0.05, 0) is 43.4 Å². The first-order valence-electron chi connectivity index (χ1n) is 5.44. The lowest BCUT2D eigenvalue weighted by Gasteiger charge is -2.40. The van der Waals surface area contributed by atoms with E-state index in [9.17, 15) is 4.79 Å². The zero-order valence-corrected chi connectivity index (χ0v) is 8.03. The lowest BCUT2D eigenvalue weighted by Crippen LogP contribution is -2.36. The minimum atomic E-state index is 0.0993. The van der Waals surface area contributed by atoms with Crippen molar-refractivity contribution < 1.29 is 9.53 Å². The number of rotatable bonds is 0. The van der Waals surface area contributed by atoms with Crippen molar-refractivity contribution in [1.29, 1.82) is 0 Å². The Balaban J connectivity index is 1.99. The van der Waals surface area contributed by atoms with Crippen LogP contribution in [0.3, 0.4) is 0 Å². The number of ether oxygens (including phenoxy) is 1. The molecule has 4 bridgehead atoms. The maximum atomic E-state index is 11.7. The second-order valence-corrected chi connectivity index (χ2v) is 5.09. The van der Waals surface area contributed by atoms with Gasteiger partial charge in [0, 0.05) is 0 Å². The van der Waals surface area contributed by atoms with Crippen molar-refractivity contribution in [1.82, 2.24) is 0 Å². The second-order valence-electron chi connectivity index (χ2n) is 5.09. The minimum absolute atomic E-state index is 0.0993. The SMILES string of the molecule is CC1C2CC3CC(C2)OC(=O)C1C3. The van der Waals surface area contributed by atoms with E-state index in [1.54, 1.807) is 0 Å². The third-order valence-corrected chi connectivity index (χ3v) is 4.35. The molecule has 72 valence electrons. The Morgan fingerprint density at radius 1 is 1.23 bits per heavy atom. The summed E-state index contributed by atoms with van der Waals surface area (Å²) in [5.74, 6) is 2.47. The molecule has 5 atom stereocenters. The Bertz CT molecular complexity index is 248. The standard InChI is InChI=1S/C11H16O2/c1-6-8-2-7-3-9(5-8)13-11(12)10(6)4-7/h6-10H,2-5H2,1H3. The van der Waals surface area contributed by atoms with Crippen molar-refractivity contribution >= 4 is 5.97 Å². The highest BCUT2D eigenvalue weighted by atomic mass is 16.5. The summed E-state index contributed by atoms with van der Waals surface area (Å²) in [6, 6.07) is 0. The zero-order valence-electron chi connectivity index (χ0n) is 8.03. The van der Waals surface area contributed by atoms with Gasteiger partial charge in [0.25, 0.3) is 0 Å². The number of hydrogen-bond acceptors (Lipinski definition) is 2. The van der Waals surface area contributed by atoms with Crippen molar-refractivity contribution in [3.8, 4) is 0 Å². The van der Waals surface area contributed by atoms with E-state index < -0.39 is 0 Å². The van der Waals surface area contributed by atoms with Gasteiger partial charge in [-0.2, -0.15) is 0 Å². The first-order chi connectivity index (χ1) is 6.24. The number of fused-ring (bicyclic) bond motifs is 1. The van der Waals surface area contributed by atoms with Crippen LogP contribution < -0.4 is 0 Å². The fourth-order valence-corrected chi connectivity index (χ4v) is 3.61. The molecule has 4 aliphatic rings. The van der Waals surface area contributed by atoms with Crippen molar-refractivity contribution in [2.75, 3.05) is 0 Å². The van der Waals surface area contributed by atoms with Gasteiger partial charge in [0.1, 0.15) is 6.10 Å². The van der Waals surface area contributed by atoms with E-state index in [1.165, 1.54) is 6.42 Å². The van der Waals surface area contributed by atoms with Gasteiger partial charge < -0.3 is 4.74 Å². The maximum absolute atomic E-state index is 11.7. The molecule has 13 heavy (non-hydrogen) atoms. The van der Waals surface area contributed by atoms with Crippen LogP contribution in [0.5, 0.6) is 0 Å². The quantitative estimate of drug-likeness (QED) is 0.533. The first-order valence-corrected chi connectivity index (χ1v) is 5.44. The average molecular weight is 180 g/mol. The molecule has 4 rings (SSSR count). The van der Waals surface area contributed by atoms with Crippen molar-refractivity contribution in [2.24, 2.45) is 23.7 Å². The molecular formula is C11H16O2. The van der Waals surface area contributed by atoms with Crippen LogP contribution in [0, 0.1) is 23.7 Å². The summed E-state index contributed by atoms with van der Waals surface area (Å²) in [5.41, 5.74) is 0. The van der Waals surface area contributed by atoms with Gasteiger partial charge in [-0.1, -0.05) is 6.92 Å². The van der Waals surface area contributed by atoms with Gasteiger partial charge >= 0.3 is 5.97 Å². The first kappa shape index (κ1) is 7.84. The van der Waals surface area contributed by atoms with Crippen LogP contribution >= 0.6 is 0 Å². The fourth-order valence-electron chi connectivity index (χ4n) is 3.61. The number of carbonyl (C=O) groups excluding carboxylic acids is 1. The van der Waals surface area contributed by atoms with Gasteiger partial charge in [-0.3, -0.25) is 4.79 Å². The molecule has 0 aromatic carbocycles. The summed E-state index contributed by atoms with van der Waals surface area (Å²) in [6.45, 7) is 2.24. The number of carbonyl (C=O) groups is 1. The Kier molecular flexibility index (Phi) is 1.50. The van der Waals surface area contributed by atoms with Crippen molar-refractivity contribution in [3.05, 3.63) is 0 Å². The average Bonchev–Trinajstić information content (AvgIpc) is 2.24. The molecule has 2 heterocycles. The molecule has 2 aliphatic heterocycles. The Labute approximate surface area is 78.6 Å². The highest BCUT2D eigenvalue weighted by Gasteiger charge is 2.48. The number of esters is 1. The van der Waals surface area contributed by atoms with Crippen LogP contribution in [0.15, 0.2) is 0 Å². The molecule has 2 nitrogen and oxygen atoms in total. The molecule has 0 spiro atoms. The highest BCUT2D eigenvalue weighted by molar-refractivity contribution is 5.73. The van der Waals surface area contributed by atoms with Crippen LogP contribution in [0.4, 0.5) is 0 Å². The maximum Gasteiger partial charge on any atom is 0.309 e. The molecule has 2 saturated heterocycles. The predicted octanol–water partition coefficient (Wildman–Crippen LogP) is 1.98. The molecule has 5 unspecified atom stereocenters. The molecular weight excluding hydrogens is 164 g/mol. The largest absolute Gasteiger partial charge is 0.462 e. The smallest absolute Gasteiger partial charge is 0.309 e. The van der Waals surface area contributed by atoms with Crippen LogP contribution in [0.1, 0.15) is 32.6 Å². The van der Waals surface area contributed by atoms with Crippen LogP contribution in [0.25, 0.3) is 0 Å².